The molecule has 0 aromatic heterocycles. The van der Waals surface area contributed by atoms with Gasteiger partial charge in [-0.15, -0.1) is 6.58 Å². The summed E-state index contributed by atoms with van der Waals surface area (Å²) in [4.78, 5) is 24.0. The number of carboxylic acid groups (broad SMARTS) is 1. The molecule has 0 fully saturated rings. The molecule has 0 heterocycles. The predicted molar refractivity (Wildman–Crippen MR) is 63.9 cm³/mol. The van der Waals surface area contributed by atoms with Crippen LogP contribution in [0.3, 0.4) is 0 Å². The van der Waals surface area contributed by atoms with E-state index >= 15 is 0 Å². The molecule has 0 radical (unpaired) electrons. The van der Waals surface area contributed by atoms with Crippen molar-refractivity contribution in [3.05, 3.63) is 12.7 Å². The third kappa shape index (κ3) is 5.35. The summed E-state index contributed by atoms with van der Waals surface area (Å²) in [6.45, 7) is 5.66. The minimum Gasteiger partial charge on any atom is -0.480 e. The highest BCUT2D eigenvalue weighted by Gasteiger charge is 2.22. The van der Waals surface area contributed by atoms with Crippen LogP contribution in [0.5, 0.6) is 0 Å². The fourth-order valence-electron chi connectivity index (χ4n) is 1.19. The molecule has 0 rings (SSSR count). The second-order valence-electron chi connectivity index (χ2n) is 3.78. The number of amides is 2. The van der Waals surface area contributed by atoms with Crippen LogP contribution in [0.15, 0.2) is 12.7 Å². The van der Waals surface area contributed by atoms with E-state index in [0.29, 0.717) is 6.61 Å². The zero-order valence-corrected chi connectivity index (χ0v) is 10.5. The molecule has 2 amide bonds. The summed E-state index contributed by atoms with van der Waals surface area (Å²) in [6.07, 6.45) is 1.64. The highest BCUT2D eigenvalue weighted by molar-refractivity contribution is 5.82. The summed E-state index contributed by atoms with van der Waals surface area (Å²) < 4.78 is 4.92. The number of carbonyl (C=O) groups excluding carboxylic acids is 1. The number of nitrogens with one attached hydrogen (secondary N) is 1. The van der Waals surface area contributed by atoms with Gasteiger partial charge in [0.15, 0.2) is 0 Å². The van der Waals surface area contributed by atoms with Gasteiger partial charge in [-0.1, -0.05) is 6.08 Å². The molecule has 0 spiro atoms. The van der Waals surface area contributed by atoms with Crippen LogP contribution in [0.1, 0.15) is 13.3 Å². The standard InChI is InChI=1S/C11H20N2O4/c1-5-6-9(10(14)15)12-11(16)13(3)8(2)7-17-4/h5,8-9H,1,6-7H2,2-4H3,(H,12,16)(H,14,15). The van der Waals surface area contributed by atoms with Gasteiger partial charge in [0.25, 0.3) is 0 Å². The Kier molecular flexibility index (Phi) is 6.97. The van der Waals surface area contributed by atoms with Gasteiger partial charge >= 0.3 is 12.0 Å². The van der Waals surface area contributed by atoms with Crippen LogP contribution in [-0.4, -0.2) is 54.9 Å². The number of methoxy groups -OCH3 is 1. The molecule has 0 aliphatic heterocycles. The molecule has 6 heteroatoms. The van der Waals surface area contributed by atoms with Gasteiger partial charge in [0, 0.05) is 14.2 Å². The molecule has 98 valence electrons. The minimum atomic E-state index is -1.08. The van der Waals surface area contributed by atoms with Crippen molar-refractivity contribution in [3.63, 3.8) is 0 Å². The first-order valence-electron chi connectivity index (χ1n) is 5.30. The van der Waals surface area contributed by atoms with Gasteiger partial charge in [-0.2, -0.15) is 0 Å². The SMILES string of the molecule is C=CCC(NC(=O)N(C)C(C)COC)C(=O)O. The van der Waals surface area contributed by atoms with Crippen molar-refractivity contribution in [2.45, 2.75) is 25.4 Å². The van der Waals surface area contributed by atoms with Gasteiger partial charge in [0.05, 0.1) is 12.6 Å². The molecule has 2 N–H and O–H groups in total. The van der Waals surface area contributed by atoms with Gasteiger partial charge in [-0.25, -0.2) is 9.59 Å². The first kappa shape index (κ1) is 15.4. The maximum atomic E-state index is 11.7. The smallest absolute Gasteiger partial charge is 0.326 e. The molecule has 0 aromatic carbocycles. The molecule has 0 aromatic rings. The Hall–Kier alpha value is -1.56. The molecule has 2 unspecified atom stereocenters. The van der Waals surface area contributed by atoms with Crippen LogP contribution in [0, 0.1) is 0 Å². The highest BCUT2D eigenvalue weighted by atomic mass is 16.5. The van der Waals surface area contributed by atoms with E-state index in [9.17, 15) is 9.59 Å². The van der Waals surface area contributed by atoms with Crippen LogP contribution in [0.2, 0.25) is 0 Å². The Morgan fingerprint density at radius 2 is 2.18 bits per heavy atom. The second-order valence-corrected chi connectivity index (χ2v) is 3.78. The van der Waals surface area contributed by atoms with Crippen LogP contribution in [0.25, 0.3) is 0 Å². The molecule has 17 heavy (non-hydrogen) atoms. The van der Waals surface area contributed by atoms with Crippen molar-refractivity contribution in [2.75, 3.05) is 20.8 Å². The molecular formula is C11H20N2O4. The molecule has 0 bridgehead atoms. The van der Waals surface area contributed by atoms with Crippen molar-refractivity contribution < 1.29 is 19.4 Å². The van der Waals surface area contributed by atoms with Gasteiger partial charge in [-0.05, 0) is 13.3 Å². The Bertz CT molecular complexity index is 281. The third-order valence-corrected chi connectivity index (χ3v) is 2.39. The predicted octanol–water partition coefficient (Wildman–Crippen LogP) is 0.692. The molecule has 2 atom stereocenters. The second kappa shape index (κ2) is 7.67. The van der Waals surface area contributed by atoms with Gasteiger partial charge in [0.2, 0.25) is 0 Å². The lowest BCUT2D eigenvalue weighted by Gasteiger charge is -2.26. The van der Waals surface area contributed by atoms with E-state index < -0.39 is 18.0 Å². The lowest BCUT2D eigenvalue weighted by molar-refractivity contribution is -0.139. The van der Waals surface area contributed by atoms with Gasteiger partial charge in [-0.3, -0.25) is 0 Å². The summed E-state index contributed by atoms with van der Waals surface area (Å²) in [6, 6.07) is -1.51. The van der Waals surface area contributed by atoms with Crippen molar-refractivity contribution in [2.24, 2.45) is 0 Å². The number of rotatable bonds is 7. The lowest BCUT2D eigenvalue weighted by Crippen LogP contribution is -2.49. The summed E-state index contributed by atoms with van der Waals surface area (Å²) in [7, 11) is 3.13. The number of aliphatic carboxylic acids is 1. The summed E-state index contributed by atoms with van der Waals surface area (Å²) in [5, 5.41) is 11.3. The van der Waals surface area contributed by atoms with E-state index in [2.05, 4.69) is 11.9 Å². The Balaban J connectivity index is 4.39. The third-order valence-electron chi connectivity index (χ3n) is 2.39. The molecule has 6 nitrogen and oxygen atoms in total. The van der Waals surface area contributed by atoms with Gasteiger partial charge in [0.1, 0.15) is 6.04 Å². The number of ether oxygens (including phenoxy) is 1. The molecule has 0 saturated carbocycles. The van der Waals surface area contributed by atoms with E-state index in [1.54, 1.807) is 14.2 Å². The van der Waals surface area contributed by atoms with E-state index in [-0.39, 0.29) is 12.5 Å². The highest BCUT2D eigenvalue weighted by Crippen LogP contribution is 2.00. The Labute approximate surface area is 101 Å². The average molecular weight is 244 g/mol. The van der Waals surface area contributed by atoms with E-state index in [1.165, 1.54) is 11.0 Å². The Morgan fingerprint density at radius 3 is 2.59 bits per heavy atom. The zero-order valence-electron chi connectivity index (χ0n) is 10.5. The molecule has 0 saturated heterocycles. The minimum absolute atomic E-state index is 0.127. The van der Waals surface area contributed by atoms with E-state index in [1.807, 2.05) is 6.92 Å². The van der Waals surface area contributed by atoms with E-state index in [4.69, 9.17) is 9.84 Å². The lowest BCUT2D eigenvalue weighted by atomic mass is 10.2. The maximum absolute atomic E-state index is 11.7. The number of hydrogen-bond donors (Lipinski definition) is 2. The first-order chi connectivity index (χ1) is 7.93. The zero-order chi connectivity index (χ0) is 13.4. The fourth-order valence-corrected chi connectivity index (χ4v) is 1.19. The number of carboxylic acids is 1. The Morgan fingerprint density at radius 1 is 1.59 bits per heavy atom. The van der Waals surface area contributed by atoms with Crippen LogP contribution in [-0.2, 0) is 9.53 Å². The van der Waals surface area contributed by atoms with Crippen LogP contribution < -0.4 is 5.32 Å². The maximum Gasteiger partial charge on any atom is 0.326 e. The topological polar surface area (TPSA) is 78.9 Å². The van der Waals surface area contributed by atoms with Crippen molar-refractivity contribution in [3.8, 4) is 0 Å². The number of carbonyl (C=O) groups is 2. The van der Waals surface area contributed by atoms with Crippen molar-refractivity contribution >= 4 is 12.0 Å². The molecule has 0 aliphatic carbocycles. The number of nitrogens with zero attached hydrogens (tertiary/aromatic N) is 1. The molecule has 0 aliphatic rings. The average Bonchev–Trinajstić information content (AvgIpc) is 2.27. The van der Waals surface area contributed by atoms with Crippen LogP contribution >= 0.6 is 0 Å². The number of urea groups is 1. The number of hydrogen-bond acceptors (Lipinski definition) is 3. The fraction of sp³-hybridized carbons (Fsp3) is 0.636. The summed E-state index contributed by atoms with van der Waals surface area (Å²) in [5.74, 6) is -1.08. The molecular weight excluding hydrogens is 224 g/mol. The quantitative estimate of drug-likeness (QED) is 0.646. The summed E-state index contributed by atoms with van der Waals surface area (Å²) >= 11 is 0. The largest absolute Gasteiger partial charge is 0.480 e. The van der Waals surface area contributed by atoms with E-state index in [0.717, 1.165) is 0 Å². The number of likely N-dealkylation sites (N-methyl/N-ethyl adjacent to an activating group) is 1. The monoisotopic (exact) mass is 244 g/mol. The first-order valence-corrected chi connectivity index (χ1v) is 5.30. The normalized spacial score (nSPS) is 13.6. The van der Waals surface area contributed by atoms with Crippen molar-refractivity contribution in [1.82, 2.24) is 10.2 Å². The van der Waals surface area contributed by atoms with Crippen LogP contribution in [0.4, 0.5) is 4.79 Å². The summed E-state index contributed by atoms with van der Waals surface area (Å²) in [5.41, 5.74) is 0. The van der Waals surface area contributed by atoms with Crippen molar-refractivity contribution in [1.29, 1.82) is 0 Å². The van der Waals surface area contributed by atoms with Gasteiger partial charge < -0.3 is 20.1 Å².